The van der Waals surface area contributed by atoms with Gasteiger partial charge in [-0.2, -0.15) is 0 Å². The summed E-state index contributed by atoms with van der Waals surface area (Å²) < 4.78 is 60.6. The fourth-order valence-electron chi connectivity index (χ4n) is 3.27. The molecule has 2 N–H and O–H groups in total. The molecule has 30 heavy (non-hydrogen) atoms. The number of aryl methyl sites for hydroxylation is 1. The van der Waals surface area contributed by atoms with Gasteiger partial charge in [0.2, 0.25) is 5.91 Å². The molecule has 1 aromatic heterocycles. The van der Waals surface area contributed by atoms with E-state index < -0.39 is 48.7 Å². The van der Waals surface area contributed by atoms with E-state index in [1.54, 1.807) is 6.92 Å². The van der Waals surface area contributed by atoms with E-state index in [-0.39, 0.29) is 16.5 Å². The number of nitrogens with one attached hydrogen (secondary N) is 2. The molecular formula is C18H23N3O7S2. The zero-order chi connectivity index (χ0) is 22.1. The van der Waals surface area contributed by atoms with Crippen LogP contribution in [0.4, 0.5) is 5.82 Å². The van der Waals surface area contributed by atoms with Crippen LogP contribution >= 0.6 is 0 Å². The number of anilines is 1. The normalized spacial score (nSPS) is 21.8. The number of carbonyl (C=O) groups is 1. The quantitative estimate of drug-likeness (QED) is 0.609. The molecule has 10 nitrogen and oxygen atoms in total. The minimum atomic E-state index is -3.97. The molecule has 1 aromatic carbocycles. The van der Waals surface area contributed by atoms with Crippen molar-refractivity contribution in [2.45, 2.75) is 36.1 Å². The first-order chi connectivity index (χ1) is 14.0. The topological polar surface area (TPSA) is 145 Å². The van der Waals surface area contributed by atoms with Crippen molar-refractivity contribution >= 4 is 31.4 Å². The van der Waals surface area contributed by atoms with Gasteiger partial charge in [0.05, 0.1) is 34.8 Å². The number of rotatable bonds is 7. The maximum atomic E-state index is 13.1. The van der Waals surface area contributed by atoms with E-state index in [1.807, 2.05) is 0 Å². The molecule has 0 saturated carbocycles. The lowest BCUT2D eigenvalue weighted by atomic mass is 10.2. The van der Waals surface area contributed by atoms with Crippen LogP contribution in [0.3, 0.4) is 0 Å². The molecule has 0 spiro atoms. The lowest BCUT2D eigenvalue weighted by molar-refractivity contribution is -0.118. The summed E-state index contributed by atoms with van der Waals surface area (Å²) in [6.07, 6.45) is 0. The molecule has 2 heterocycles. The number of carbonyl (C=O) groups excluding carboxylic acids is 1. The number of sulfone groups is 2. The maximum absolute atomic E-state index is 13.1. The first-order valence-corrected chi connectivity index (χ1v) is 12.5. The van der Waals surface area contributed by atoms with Crippen molar-refractivity contribution in [1.29, 1.82) is 0 Å². The second kappa shape index (κ2) is 8.36. The van der Waals surface area contributed by atoms with E-state index in [0.29, 0.717) is 11.5 Å². The molecule has 0 bridgehead atoms. The molecule has 3 rings (SSSR count). The summed E-state index contributed by atoms with van der Waals surface area (Å²) in [6, 6.07) is 5.46. The van der Waals surface area contributed by atoms with Gasteiger partial charge in [-0.1, -0.05) is 5.16 Å². The Kier molecular flexibility index (Phi) is 6.20. The van der Waals surface area contributed by atoms with Crippen LogP contribution in [0.15, 0.2) is 39.8 Å². The number of ether oxygens (including phenoxy) is 1. The van der Waals surface area contributed by atoms with Crippen LogP contribution in [0.25, 0.3) is 0 Å². The Morgan fingerprint density at radius 3 is 2.50 bits per heavy atom. The average molecular weight is 458 g/mol. The number of nitrogens with zero attached hydrogens (tertiary/aromatic N) is 1. The highest BCUT2D eigenvalue weighted by atomic mass is 32.2. The number of hydrogen-bond acceptors (Lipinski definition) is 9. The van der Waals surface area contributed by atoms with E-state index in [1.165, 1.54) is 44.4 Å². The smallest absolute Gasteiger partial charge is 0.242 e. The molecule has 2 aromatic rings. The van der Waals surface area contributed by atoms with Crippen LogP contribution in [-0.4, -0.2) is 63.8 Å². The highest BCUT2D eigenvalue weighted by molar-refractivity contribution is 7.96. The molecule has 1 fully saturated rings. The van der Waals surface area contributed by atoms with Gasteiger partial charge in [0.1, 0.15) is 11.5 Å². The van der Waals surface area contributed by atoms with Gasteiger partial charge in [-0.05, 0) is 38.1 Å². The molecule has 0 unspecified atom stereocenters. The van der Waals surface area contributed by atoms with Gasteiger partial charge in [0.25, 0.3) is 0 Å². The predicted molar refractivity (Wildman–Crippen MR) is 109 cm³/mol. The molecule has 0 aliphatic carbocycles. The maximum Gasteiger partial charge on any atom is 0.242 e. The predicted octanol–water partition coefficient (Wildman–Crippen LogP) is 0.548. The Labute approximate surface area is 174 Å². The molecular weight excluding hydrogens is 434 g/mol. The summed E-state index contributed by atoms with van der Waals surface area (Å²) in [4.78, 5) is 12.4. The lowest BCUT2D eigenvalue weighted by Crippen LogP contribution is -2.50. The molecule has 0 radical (unpaired) electrons. The van der Waals surface area contributed by atoms with Crippen molar-refractivity contribution in [3.63, 3.8) is 0 Å². The standard InChI is InChI=1S/C18H23N3O7S2/c1-11-8-17(21-28-11)20-18(22)12(2)19-15-9-29(23,24)10-16(15)30(25,26)14-6-4-13(27-3)5-7-14/h4-8,12,15-16,19H,9-10H2,1-3H3,(H,20,21,22)/t12-,15-,16-/m0/s1. The first kappa shape index (κ1) is 22.2. The Bertz CT molecular complexity index is 1120. The summed E-state index contributed by atoms with van der Waals surface area (Å²) in [5.41, 5.74) is 0. The van der Waals surface area contributed by atoms with Crippen molar-refractivity contribution in [3.8, 4) is 5.75 Å². The molecule has 1 aliphatic rings. The number of amides is 1. The Morgan fingerprint density at radius 1 is 1.27 bits per heavy atom. The van der Waals surface area contributed by atoms with Crippen LogP contribution < -0.4 is 15.4 Å². The second-order valence-corrected chi connectivity index (χ2v) is 11.5. The molecule has 1 saturated heterocycles. The molecule has 1 aliphatic heterocycles. The van der Waals surface area contributed by atoms with Gasteiger partial charge in [0.15, 0.2) is 25.5 Å². The third-order valence-electron chi connectivity index (χ3n) is 4.82. The Balaban J connectivity index is 1.78. The van der Waals surface area contributed by atoms with Gasteiger partial charge in [0, 0.05) is 12.1 Å². The SMILES string of the molecule is COc1ccc(S(=O)(=O)[C@H]2CS(=O)(=O)C[C@@H]2N[C@@H](C)C(=O)Nc2cc(C)on2)cc1. The molecule has 3 atom stereocenters. The lowest BCUT2D eigenvalue weighted by Gasteiger charge is -2.23. The summed E-state index contributed by atoms with van der Waals surface area (Å²) >= 11 is 0. The fraction of sp³-hybridized carbons (Fsp3) is 0.444. The van der Waals surface area contributed by atoms with Crippen molar-refractivity contribution in [1.82, 2.24) is 10.5 Å². The summed E-state index contributed by atoms with van der Waals surface area (Å²) in [7, 11) is -6.11. The Morgan fingerprint density at radius 2 is 1.93 bits per heavy atom. The minimum Gasteiger partial charge on any atom is -0.497 e. The zero-order valence-electron chi connectivity index (χ0n) is 16.7. The van der Waals surface area contributed by atoms with Gasteiger partial charge in [-0.3, -0.25) is 4.79 Å². The van der Waals surface area contributed by atoms with Gasteiger partial charge in [-0.15, -0.1) is 0 Å². The van der Waals surface area contributed by atoms with Crippen LogP contribution in [0.2, 0.25) is 0 Å². The van der Waals surface area contributed by atoms with Crippen molar-refractivity contribution < 1.29 is 30.9 Å². The van der Waals surface area contributed by atoms with Gasteiger partial charge in [-0.25, -0.2) is 16.8 Å². The molecule has 12 heteroatoms. The van der Waals surface area contributed by atoms with Gasteiger partial charge < -0.3 is 19.9 Å². The van der Waals surface area contributed by atoms with Crippen molar-refractivity contribution in [2.75, 3.05) is 23.9 Å². The monoisotopic (exact) mass is 457 g/mol. The summed E-state index contributed by atoms with van der Waals surface area (Å²) in [5.74, 6) is -0.181. The summed E-state index contributed by atoms with van der Waals surface area (Å²) in [5, 5.41) is 7.83. The Hall–Kier alpha value is -2.44. The van der Waals surface area contributed by atoms with Crippen LogP contribution in [-0.2, 0) is 24.5 Å². The minimum absolute atomic E-state index is 0.00706. The highest BCUT2D eigenvalue weighted by Gasteiger charge is 2.46. The highest BCUT2D eigenvalue weighted by Crippen LogP contribution is 2.27. The van der Waals surface area contributed by atoms with Crippen LogP contribution in [0, 0.1) is 6.92 Å². The number of methoxy groups -OCH3 is 1. The van der Waals surface area contributed by atoms with Crippen molar-refractivity contribution in [3.05, 3.63) is 36.1 Å². The van der Waals surface area contributed by atoms with Crippen LogP contribution in [0.1, 0.15) is 12.7 Å². The van der Waals surface area contributed by atoms with Crippen LogP contribution in [0.5, 0.6) is 5.75 Å². The van der Waals surface area contributed by atoms with E-state index in [2.05, 4.69) is 15.8 Å². The third-order valence-corrected chi connectivity index (χ3v) is 8.99. The van der Waals surface area contributed by atoms with E-state index in [9.17, 15) is 21.6 Å². The number of aromatic nitrogens is 1. The fourth-order valence-corrected chi connectivity index (χ4v) is 7.95. The molecule has 164 valence electrons. The van der Waals surface area contributed by atoms with Crippen molar-refractivity contribution in [2.24, 2.45) is 0 Å². The average Bonchev–Trinajstić information content (AvgIpc) is 3.23. The van der Waals surface area contributed by atoms with Gasteiger partial charge >= 0.3 is 0 Å². The first-order valence-electron chi connectivity index (χ1n) is 9.10. The number of hydrogen-bond donors (Lipinski definition) is 2. The van der Waals surface area contributed by atoms with E-state index in [0.717, 1.165) is 0 Å². The number of benzene rings is 1. The molecule has 1 amide bonds. The van der Waals surface area contributed by atoms with E-state index >= 15 is 0 Å². The zero-order valence-corrected chi connectivity index (χ0v) is 18.3. The second-order valence-electron chi connectivity index (χ2n) is 7.14. The van der Waals surface area contributed by atoms with E-state index in [4.69, 9.17) is 9.26 Å². The third kappa shape index (κ3) is 4.82. The largest absolute Gasteiger partial charge is 0.497 e. The summed E-state index contributed by atoms with van der Waals surface area (Å²) in [6.45, 7) is 3.19.